The third kappa shape index (κ3) is 3.43. The predicted octanol–water partition coefficient (Wildman–Crippen LogP) is 3.03. The number of hydrogen-bond acceptors (Lipinski definition) is 4. The highest BCUT2D eigenvalue weighted by atomic mass is 16.5. The molecule has 6 heteroatoms. The summed E-state index contributed by atoms with van der Waals surface area (Å²) in [4.78, 5) is 28.1. The lowest BCUT2D eigenvalue weighted by atomic mass is 10.1. The molecule has 1 saturated heterocycles. The molecule has 3 aromatic rings. The van der Waals surface area contributed by atoms with Gasteiger partial charge < -0.3 is 9.64 Å². The van der Waals surface area contributed by atoms with Gasteiger partial charge in [-0.3, -0.25) is 9.59 Å². The van der Waals surface area contributed by atoms with Crippen molar-refractivity contribution in [1.82, 2.24) is 14.7 Å². The molecule has 1 fully saturated rings. The number of amides is 1. The molecule has 1 aliphatic heterocycles. The third-order valence-corrected chi connectivity index (χ3v) is 5.08. The minimum absolute atomic E-state index is 0.0500. The average molecular weight is 377 g/mol. The number of rotatable bonds is 4. The number of para-hydroxylation sites is 1. The Labute approximate surface area is 163 Å². The molecule has 144 valence electrons. The SMILES string of the molecule is CCOC1CCCN(C(=O)c2nn(-c3ccccc3)c(=O)c3ccccc23)C1. The fourth-order valence-electron chi connectivity index (χ4n) is 3.74. The van der Waals surface area contributed by atoms with Crippen molar-refractivity contribution in [2.75, 3.05) is 19.7 Å². The topological polar surface area (TPSA) is 64.4 Å². The van der Waals surface area contributed by atoms with Crippen LogP contribution in [0.1, 0.15) is 30.3 Å². The zero-order valence-corrected chi connectivity index (χ0v) is 15.9. The monoisotopic (exact) mass is 377 g/mol. The second kappa shape index (κ2) is 7.94. The molecule has 0 radical (unpaired) electrons. The fraction of sp³-hybridized carbons (Fsp3) is 0.318. The van der Waals surface area contributed by atoms with E-state index in [9.17, 15) is 9.59 Å². The van der Waals surface area contributed by atoms with E-state index in [1.54, 1.807) is 23.1 Å². The van der Waals surface area contributed by atoms with Gasteiger partial charge in [0.25, 0.3) is 11.5 Å². The van der Waals surface area contributed by atoms with Gasteiger partial charge in [-0.1, -0.05) is 36.4 Å². The normalized spacial score (nSPS) is 17.0. The van der Waals surface area contributed by atoms with Gasteiger partial charge in [-0.2, -0.15) is 9.78 Å². The molecule has 1 amide bonds. The number of benzene rings is 2. The Hall–Kier alpha value is -2.99. The zero-order valence-electron chi connectivity index (χ0n) is 15.9. The lowest BCUT2D eigenvalue weighted by molar-refractivity contribution is 0.00705. The number of nitrogens with zero attached hydrogens (tertiary/aromatic N) is 3. The summed E-state index contributed by atoms with van der Waals surface area (Å²) >= 11 is 0. The van der Waals surface area contributed by atoms with Crippen molar-refractivity contribution in [2.45, 2.75) is 25.9 Å². The molecule has 0 aliphatic carbocycles. The first-order chi connectivity index (χ1) is 13.7. The van der Waals surface area contributed by atoms with E-state index in [0.29, 0.717) is 41.9 Å². The van der Waals surface area contributed by atoms with Gasteiger partial charge in [0.2, 0.25) is 0 Å². The van der Waals surface area contributed by atoms with Gasteiger partial charge >= 0.3 is 0 Å². The van der Waals surface area contributed by atoms with E-state index in [4.69, 9.17) is 4.74 Å². The maximum Gasteiger partial charge on any atom is 0.279 e. The largest absolute Gasteiger partial charge is 0.377 e. The molecule has 28 heavy (non-hydrogen) atoms. The van der Waals surface area contributed by atoms with Crippen molar-refractivity contribution in [2.24, 2.45) is 0 Å². The van der Waals surface area contributed by atoms with Crippen LogP contribution >= 0.6 is 0 Å². The molecule has 1 aromatic heterocycles. The first-order valence-electron chi connectivity index (χ1n) is 9.67. The van der Waals surface area contributed by atoms with Crippen LogP contribution < -0.4 is 5.56 Å². The molecule has 2 heterocycles. The number of ether oxygens (including phenoxy) is 1. The summed E-state index contributed by atoms with van der Waals surface area (Å²) in [7, 11) is 0. The second-order valence-corrected chi connectivity index (χ2v) is 6.92. The summed E-state index contributed by atoms with van der Waals surface area (Å²) < 4.78 is 7.05. The molecule has 4 rings (SSSR count). The molecule has 6 nitrogen and oxygen atoms in total. The van der Waals surface area contributed by atoms with Crippen LogP contribution in [0.25, 0.3) is 16.5 Å². The van der Waals surface area contributed by atoms with Crippen LogP contribution in [0, 0.1) is 0 Å². The van der Waals surface area contributed by atoms with Crippen LogP contribution in [0.3, 0.4) is 0 Å². The molecule has 1 aliphatic rings. The minimum atomic E-state index is -0.232. The number of fused-ring (bicyclic) bond motifs is 1. The van der Waals surface area contributed by atoms with Crippen LogP contribution in [-0.4, -0.2) is 46.4 Å². The first kappa shape index (κ1) is 18.4. The van der Waals surface area contributed by atoms with E-state index in [1.807, 2.05) is 43.3 Å². The number of carbonyl (C=O) groups excluding carboxylic acids is 1. The van der Waals surface area contributed by atoms with Crippen molar-refractivity contribution in [3.05, 3.63) is 70.6 Å². The van der Waals surface area contributed by atoms with Gasteiger partial charge in [0, 0.05) is 25.1 Å². The molecular weight excluding hydrogens is 354 g/mol. The highest BCUT2D eigenvalue weighted by Gasteiger charge is 2.27. The lowest BCUT2D eigenvalue weighted by Crippen LogP contribution is -2.44. The van der Waals surface area contributed by atoms with E-state index >= 15 is 0 Å². The highest BCUT2D eigenvalue weighted by Crippen LogP contribution is 2.20. The smallest absolute Gasteiger partial charge is 0.279 e. The molecule has 0 saturated carbocycles. The van der Waals surface area contributed by atoms with Gasteiger partial charge in [0.1, 0.15) is 0 Å². The Balaban J connectivity index is 1.81. The van der Waals surface area contributed by atoms with E-state index in [0.717, 1.165) is 12.8 Å². The number of piperidine rings is 1. The van der Waals surface area contributed by atoms with Crippen molar-refractivity contribution < 1.29 is 9.53 Å². The van der Waals surface area contributed by atoms with E-state index in [1.165, 1.54) is 4.68 Å². The molecule has 0 N–H and O–H groups in total. The number of aromatic nitrogens is 2. The number of likely N-dealkylation sites (tertiary alicyclic amines) is 1. The number of carbonyl (C=O) groups is 1. The Morgan fingerprint density at radius 1 is 1.11 bits per heavy atom. The second-order valence-electron chi connectivity index (χ2n) is 6.92. The maximum atomic E-state index is 13.4. The van der Waals surface area contributed by atoms with E-state index < -0.39 is 0 Å². The Bertz CT molecular complexity index is 1040. The molecule has 1 atom stereocenters. The zero-order chi connectivity index (χ0) is 19.5. The minimum Gasteiger partial charge on any atom is -0.377 e. The summed E-state index contributed by atoms with van der Waals surface area (Å²) in [6.45, 7) is 3.81. The first-order valence-corrected chi connectivity index (χ1v) is 9.67. The molecule has 1 unspecified atom stereocenters. The summed E-state index contributed by atoms with van der Waals surface area (Å²) in [6, 6.07) is 16.3. The standard InChI is InChI=1S/C22H23N3O3/c1-2-28-17-11-8-14-24(15-17)22(27)20-18-12-6-7-13-19(18)21(26)25(23-20)16-9-4-3-5-10-16/h3-7,9-10,12-13,17H,2,8,11,14-15H2,1H3. The van der Waals surface area contributed by atoms with Crippen LogP contribution in [0.15, 0.2) is 59.4 Å². The summed E-state index contributed by atoms with van der Waals surface area (Å²) in [5.74, 6) is -0.162. The van der Waals surface area contributed by atoms with Crippen LogP contribution in [-0.2, 0) is 4.74 Å². The Morgan fingerprint density at radius 2 is 1.82 bits per heavy atom. The van der Waals surface area contributed by atoms with Crippen molar-refractivity contribution in [1.29, 1.82) is 0 Å². The fourth-order valence-corrected chi connectivity index (χ4v) is 3.74. The summed E-state index contributed by atoms with van der Waals surface area (Å²) in [6.07, 6.45) is 1.90. The maximum absolute atomic E-state index is 13.4. The number of hydrogen-bond donors (Lipinski definition) is 0. The molecule has 0 spiro atoms. The van der Waals surface area contributed by atoms with Gasteiger partial charge in [0.05, 0.1) is 17.2 Å². The van der Waals surface area contributed by atoms with Crippen LogP contribution in [0.4, 0.5) is 0 Å². The third-order valence-electron chi connectivity index (χ3n) is 5.08. The molecular formula is C22H23N3O3. The van der Waals surface area contributed by atoms with Crippen molar-refractivity contribution >= 4 is 16.7 Å². The predicted molar refractivity (Wildman–Crippen MR) is 108 cm³/mol. The van der Waals surface area contributed by atoms with Gasteiger partial charge in [-0.15, -0.1) is 0 Å². The van der Waals surface area contributed by atoms with Gasteiger partial charge in [-0.25, -0.2) is 0 Å². The van der Waals surface area contributed by atoms with E-state index in [2.05, 4.69) is 5.10 Å². The Kier molecular flexibility index (Phi) is 5.21. The highest BCUT2D eigenvalue weighted by molar-refractivity contribution is 6.04. The summed E-state index contributed by atoms with van der Waals surface area (Å²) in [5, 5.41) is 5.56. The van der Waals surface area contributed by atoms with Gasteiger partial charge in [0.15, 0.2) is 5.69 Å². The lowest BCUT2D eigenvalue weighted by Gasteiger charge is -2.32. The van der Waals surface area contributed by atoms with Crippen molar-refractivity contribution in [3.8, 4) is 5.69 Å². The average Bonchev–Trinajstić information content (AvgIpc) is 2.75. The molecule has 2 aromatic carbocycles. The van der Waals surface area contributed by atoms with Crippen molar-refractivity contribution in [3.63, 3.8) is 0 Å². The Morgan fingerprint density at radius 3 is 2.57 bits per heavy atom. The van der Waals surface area contributed by atoms with Gasteiger partial charge in [-0.05, 0) is 38.0 Å². The molecule has 0 bridgehead atoms. The van der Waals surface area contributed by atoms with Crippen LogP contribution in [0.2, 0.25) is 0 Å². The quantitative estimate of drug-likeness (QED) is 0.701. The van der Waals surface area contributed by atoms with Crippen LogP contribution in [0.5, 0.6) is 0 Å². The van der Waals surface area contributed by atoms with E-state index in [-0.39, 0.29) is 17.6 Å². The summed E-state index contributed by atoms with van der Waals surface area (Å²) in [5.41, 5.74) is 0.707.